The molecule has 3 rings (SSSR count). The summed E-state index contributed by atoms with van der Waals surface area (Å²) < 4.78 is 16.0. The van der Waals surface area contributed by atoms with Crippen molar-refractivity contribution in [3.8, 4) is 0 Å². The highest BCUT2D eigenvalue weighted by molar-refractivity contribution is 5.13. The fourth-order valence-electron chi connectivity index (χ4n) is 2.69. The van der Waals surface area contributed by atoms with Crippen molar-refractivity contribution in [2.45, 2.75) is 39.1 Å². The van der Waals surface area contributed by atoms with Gasteiger partial charge in [-0.3, -0.25) is 0 Å². The Kier molecular flexibility index (Phi) is 4.68. The normalized spacial score (nSPS) is 15.7. The van der Waals surface area contributed by atoms with Gasteiger partial charge in [0.25, 0.3) is 6.29 Å². The van der Waals surface area contributed by atoms with Crippen LogP contribution < -0.4 is 4.57 Å². The summed E-state index contributed by atoms with van der Waals surface area (Å²) in [6.07, 6.45) is 6.38. The predicted octanol–water partition coefficient (Wildman–Crippen LogP) is 2.67. The monoisotopic (exact) mass is 287 g/mol. The fraction of sp³-hybridized carbons (Fsp3) is 0.471. The SMILES string of the molecule is CCCCn1cc[n+](Cc2ccccc2)c1C1OCCO1. The van der Waals surface area contributed by atoms with Gasteiger partial charge in [0.05, 0.1) is 19.8 Å². The summed E-state index contributed by atoms with van der Waals surface area (Å²) in [5, 5.41) is 0. The van der Waals surface area contributed by atoms with Gasteiger partial charge in [0.2, 0.25) is 0 Å². The number of imidazole rings is 1. The van der Waals surface area contributed by atoms with Crippen molar-refractivity contribution in [3.63, 3.8) is 0 Å². The van der Waals surface area contributed by atoms with Crippen LogP contribution in [0.5, 0.6) is 0 Å². The summed E-state index contributed by atoms with van der Waals surface area (Å²) in [6.45, 7) is 5.42. The predicted molar refractivity (Wildman–Crippen MR) is 79.7 cm³/mol. The molecule has 1 fully saturated rings. The molecule has 0 radical (unpaired) electrons. The first-order chi connectivity index (χ1) is 10.4. The van der Waals surface area contributed by atoms with Gasteiger partial charge in [0.1, 0.15) is 18.9 Å². The van der Waals surface area contributed by atoms with Crippen LogP contribution in [-0.2, 0) is 22.6 Å². The number of unbranched alkanes of at least 4 members (excludes halogenated alkanes) is 1. The van der Waals surface area contributed by atoms with E-state index in [0.29, 0.717) is 13.2 Å². The Morgan fingerprint density at radius 1 is 1.19 bits per heavy atom. The molecule has 2 aromatic rings. The van der Waals surface area contributed by atoms with Crippen LogP contribution in [-0.4, -0.2) is 17.8 Å². The molecule has 0 atom stereocenters. The van der Waals surface area contributed by atoms with E-state index in [1.807, 2.05) is 6.07 Å². The highest BCUT2D eigenvalue weighted by Crippen LogP contribution is 2.21. The number of rotatable bonds is 6. The van der Waals surface area contributed by atoms with Crippen LogP contribution in [0.15, 0.2) is 42.7 Å². The molecule has 21 heavy (non-hydrogen) atoms. The minimum Gasteiger partial charge on any atom is -0.340 e. The molecule has 4 heteroatoms. The quantitative estimate of drug-likeness (QED) is 0.764. The lowest BCUT2D eigenvalue weighted by molar-refractivity contribution is -0.701. The highest BCUT2D eigenvalue weighted by Gasteiger charge is 2.31. The average Bonchev–Trinajstić information content (AvgIpc) is 3.15. The largest absolute Gasteiger partial charge is 0.340 e. The molecule has 0 saturated carbocycles. The molecule has 1 saturated heterocycles. The van der Waals surface area contributed by atoms with Gasteiger partial charge in [-0.2, -0.15) is 0 Å². The van der Waals surface area contributed by atoms with Crippen LogP contribution in [0.4, 0.5) is 0 Å². The van der Waals surface area contributed by atoms with E-state index >= 15 is 0 Å². The van der Waals surface area contributed by atoms with Crippen molar-refractivity contribution in [1.82, 2.24) is 4.57 Å². The second-order valence-electron chi connectivity index (χ2n) is 5.39. The number of benzene rings is 1. The first kappa shape index (κ1) is 14.3. The Bertz CT molecular complexity index is 559. The first-order valence-corrected chi connectivity index (χ1v) is 7.74. The van der Waals surface area contributed by atoms with E-state index in [4.69, 9.17) is 9.47 Å². The second-order valence-corrected chi connectivity index (χ2v) is 5.39. The smallest absolute Gasteiger partial charge is 0.314 e. The molecule has 0 spiro atoms. The molecule has 112 valence electrons. The van der Waals surface area contributed by atoms with Gasteiger partial charge >= 0.3 is 5.82 Å². The number of nitrogens with zero attached hydrogens (tertiary/aromatic N) is 2. The highest BCUT2D eigenvalue weighted by atomic mass is 16.7. The van der Waals surface area contributed by atoms with Crippen LogP contribution in [0.25, 0.3) is 0 Å². The Balaban J connectivity index is 1.86. The van der Waals surface area contributed by atoms with Gasteiger partial charge in [-0.1, -0.05) is 43.7 Å². The van der Waals surface area contributed by atoms with Gasteiger partial charge < -0.3 is 9.47 Å². The van der Waals surface area contributed by atoms with Crippen LogP contribution >= 0.6 is 0 Å². The molecule has 1 aromatic heterocycles. The second kappa shape index (κ2) is 6.87. The van der Waals surface area contributed by atoms with Crippen molar-refractivity contribution in [3.05, 3.63) is 54.1 Å². The van der Waals surface area contributed by atoms with Crippen molar-refractivity contribution < 1.29 is 14.0 Å². The summed E-state index contributed by atoms with van der Waals surface area (Å²) >= 11 is 0. The summed E-state index contributed by atoms with van der Waals surface area (Å²) in [4.78, 5) is 0. The number of ether oxygens (including phenoxy) is 2. The van der Waals surface area contributed by atoms with Gasteiger partial charge in [0.15, 0.2) is 0 Å². The maximum absolute atomic E-state index is 5.73. The summed E-state index contributed by atoms with van der Waals surface area (Å²) in [5.41, 5.74) is 1.29. The fourth-order valence-corrected chi connectivity index (χ4v) is 2.69. The Hall–Kier alpha value is -1.65. The molecule has 4 nitrogen and oxygen atoms in total. The lowest BCUT2D eigenvalue weighted by Crippen LogP contribution is -2.39. The summed E-state index contributed by atoms with van der Waals surface area (Å²) in [6, 6.07) is 10.5. The lowest BCUT2D eigenvalue weighted by atomic mass is 10.2. The molecule has 0 bridgehead atoms. The first-order valence-electron chi connectivity index (χ1n) is 7.74. The molecule has 0 N–H and O–H groups in total. The van der Waals surface area contributed by atoms with E-state index in [0.717, 1.165) is 18.9 Å². The van der Waals surface area contributed by atoms with Crippen LogP contribution in [0.3, 0.4) is 0 Å². The third-order valence-corrected chi connectivity index (χ3v) is 3.80. The van der Waals surface area contributed by atoms with Crippen molar-refractivity contribution >= 4 is 0 Å². The Morgan fingerprint density at radius 2 is 1.95 bits per heavy atom. The maximum atomic E-state index is 5.73. The topological polar surface area (TPSA) is 27.3 Å². The van der Waals surface area contributed by atoms with Gasteiger partial charge in [0, 0.05) is 0 Å². The summed E-state index contributed by atoms with van der Waals surface area (Å²) in [5.74, 6) is 1.12. The van der Waals surface area contributed by atoms with Crippen LogP contribution in [0, 0.1) is 0 Å². The molecule has 1 aliphatic rings. The number of aromatic nitrogens is 2. The average molecular weight is 287 g/mol. The van der Waals surface area contributed by atoms with Crippen molar-refractivity contribution in [2.24, 2.45) is 0 Å². The van der Waals surface area contributed by atoms with Crippen molar-refractivity contribution in [1.29, 1.82) is 0 Å². The number of hydrogen-bond donors (Lipinski definition) is 0. The van der Waals surface area contributed by atoms with Crippen LogP contribution in [0.1, 0.15) is 37.4 Å². The third-order valence-electron chi connectivity index (χ3n) is 3.80. The molecule has 1 aromatic carbocycles. The molecular weight excluding hydrogens is 264 g/mol. The van der Waals surface area contributed by atoms with Crippen molar-refractivity contribution in [2.75, 3.05) is 13.2 Å². The lowest BCUT2D eigenvalue weighted by Gasteiger charge is -2.10. The third kappa shape index (κ3) is 3.34. The minimum atomic E-state index is -0.236. The molecule has 1 aliphatic heterocycles. The van der Waals surface area contributed by atoms with E-state index < -0.39 is 0 Å². The number of hydrogen-bond acceptors (Lipinski definition) is 2. The standard InChI is InChI=1S/C17H23N2O2/c1-2-3-9-18-10-11-19(14-15-7-5-4-6-8-15)16(18)17-20-12-13-21-17/h4-8,10-11,17H,2-3,9,12-14H2,1H3/q+1. The Labute approximate surface area is 125 Å². The molecule has 0 aliphatic carbocycles. The maximum Gasteiger partial charge on any atom is 0.314 e. The summed E-state index contributed by atoms with van der Waals surface area (Å²) in [7, 11) is 0. The zero-order valence-corrected chi connectivity index (χ0v) is 12.6. The van der Waals surface area contributed by atoms with E-state index in [2.05, 4.69) is 52.7 Å². The molecule has 0 amide bonds. The molecular formula is C17H23N2O2+. The zero-order valence-electron chi connectivity index (χ0n) is 12.6. The van der Waals surface area contributed by atoms with E-state index in [-0.39, 0.29) is 6.29 Å². The molecule has 2 heterocycles. The molecule has 0 unspecified atom stereocenters. The van der Waals surface area contributed by atoms with Crippen LogP contribution in [0.2, 0.25) is 0 Å². The Morgan fingerprint density at radius 3 is 2.67 bits per heavy atom. The zero-order chi connectivity index (χ0) is 14.5. The van der Waals surface area contributed by atoms with E-state index in [1.54, 1.807) is 0 Å². The van der Waals surface area contributed by atoms with Gasteiger partial charge in [-0.15, -0.1) is 0 Å². The minimum absolute atomic E-state index is 0.236. The van der Waals surface area contributed by atoms with Gasteiger partial charge in [-0.25, -0.2) is 9.13 Å². The number of aryl methyl sites for hydroxylation is 1. The van der Waals surface area contributed by atoms with E-state index in [1.165, 1.54) is 18.4 Å². The van der Waals surface area contributed by atoms with E-state index in [9.17, 15) is 0 Å². The van der Waals surface area contributed by atoms with Gasteiger partial charge in [-0.05, 0) is 12.0 Å².